The Hall–Kier alpha value is -3.36. The van der Waals surface area contributed by atoms with Gasteiger partial charge in [0.25, 0.3) is 0 Å². The average Bonchev–Trinajstić information content (AvgIpc) is 3.15. The third-order valence-corrected chi connectivity index (χ3v) is 4.31. The summed E-state index contributed by atoms with van der Waals surface area (Å²) >= 11 is 6.12. The van der Waals surface area contributed by atoms with Crippen molar-refractivity contribution in [1.29, 1.82) is 5.26 Å². The van der Waals surface area contributed by atoms with Gasteiger partial charge in [-0.05, 0) is 30.3 Å². The number of halogens is 1. The Morgan fingerprint density at radius 1 is 1.12 bits per heavy atom. The summed E-state index contributed by atoms with van der Waals surface area (Å²) in [5.74, 6) is 0. The topological polar surface area (TPSA) is 66.5 Å². The van der Waals surface area contributed by atoms with Gasteiger partial charge in [0.2, 0.25) is 0 Å². The molecule has 4 rings (SSSR count). The molecule has 1 N–H and O–H groups in total. The average molecular weight is 360 g/mol. The lowest BCUT2D eigenvalue weighted by molar-refractivity contribution is 0.880. The largest absolute Gasteiger partial charge is 0.379 e. The number of benzene rings is 2. The summed E-state index contributed by atoms with van der Waals surface area (Å²) < 4.78 is 1.82. The lowest BCUT2D eigenvalue weighted by atomic mass is 10.1. The molecule has 0 unspecified atom stereocenters. The molecule has 0 aliphatic heterocycles. The summed E-state index contributed by atoms with van der Waals surface area (Å²) in [6.45, 7) is 0.535. The number of para-hydroxylation sites is 1. The predicted molar refractivity (Wildman–Crippen MR) is 102 cm³/mol. The van der Waals surface area contributed by atoms with E-state index in [4.69, 9.17) is 11.6 Å². The molecule has 2 aromatic carbocycles. The number of pyridine rings is 1. The minimum atomic E-state index is 0.482. The molecule has 2 heterocycles. The van der Waals surface area contributed by atoms with E-state index in [0.717, 1.165) is 27.8 Å². The van der Waals surface area contributed by atoms with Crippen LogP contribution in [0.25, 0.3) is 16.6 Å². The Balaban J connectivity index is 1.63. The van der Waals surface area contributed by atoms with Crippen molar-refractivity contribution in [2.24, 2.45) is 0 Å². The van der Waals surface area contributed by atoms with Crippen molar-refractivity contribution in [3.63, 3.8) is 0 Å². The minimum absolute atomic E-state index is 0.482. The van der Waals surface area contributed by atoms with Gasteiger partial charge >= 0.3 is 0 Å². The first-order valence-corrected chi connectivity index (χ1v) is 8.43. The monoisotopic (exact) mass is 359 g/mol. The van der Waals surface area contributed by atoms with Crippen molar-refractivity contribution < 1.29 is 0 Å². The number of nitrogens with one attached hydrogen (secondary N) is 1. The molecule has 126 valence electrons. The second-order valence-corrected chi connectivity index (χ2v) is 6.24. The number of aromatic nitrogens is 3. The zero-order chi connectivity index (χ0) is 17.9. The Morgan fingerprint density at radius 3 is 2.77 bits per heavy atom. The molecule has 6 heteroatoms. The first-order chi connectivity index (χ1) is 12.7. The molecule has 4 aromatic rings. The van der Waals surface area contributed by atoms with Gasteiger partial charge in [-0.2, -0.15) is 10.4 Å². The van der Waals surface area contributed by atoms with Crippen molar-refractivity contribution in [1.82, 2.24) is 14.8 Å². The normalized spacial score (nSPS) is 10.6. The molecule has 0 aliphatic carbocycles. The van der Waals surface area contributed by atoms with Crippen LogP contribution < -0.4 is 5.32 Å². The van der Waals surface area contributed by atoms with Gasteiger partial charge in [-0.3, -0.25) is 4.98 Å². The SMILES string of the molecule is N#Cc1cnc2ccc(Cl)cc2c1NCc1cnn(-c2ccccc2)c1. The van der Waals surface area contributed by atoms with Crippen LogP contribution in [0.1, 0.15) is 11.1 Å². The van der Waals surface area contributed by atoms with E-state index < -0.39 is 0 Å². The summed E-state index contributed by atoms with van der Waals surface area (Å²) in [4.78, 5) is 4.31. The van der Waals surface area contributed by atoms with Gasteiger partial charge in [0.05, 0.1) is 28.7 Å². The smallest absolute Gasteiger partial charge is 0.103 e. The quantitative estimate of drug-likeness (QED) is 0.580. The number of anilines is 1. The molecule has 0 fully saturated rings. The van der Waals surface area contributed by atoms with Crippen LogP contribution in [0.5, 0.6) is 0 Å². The van der Waals surface area contributed by atoms with Crippen LogP contribution >= 0.6 is 11.6 Å². The number of nitriles is 1. The molecule has 0 spiro atoms. The van der Waals surface area contributed by atoms with E-state index in [1.165, 1.54) is 0 Å². The zero-order valence-corrected chi connectivity index (χ0v) is 14.5. The molecular formula is C20H14ClN5. The third kappa shape index (κ3) is 3.10. The van der Waals surface area contributed by atoms with E-state index in [2.05, 4.69) is 21.5 Å². The van der Waals surface area contributed by atoms with E-state index in [-0.39, 0.29) is 0 Å². The first-order valence-electron chi connectivity index (χ1n) is 8.06. The predicted octanol–water partition coefficient (Wildman–Crippen LogP) is 4.56. The highest BCUT2D eigenvalue weighted by molar-refractivity contribution is 6.31. The maximum absolute atomic E-state index is 9.42. The summed E-state index contributed by atoms with van der Waals surface area (Å²) in [5.41, 5.74) is 4.00. The van der Waals surface area contributed by atoms with Crippen LogP contribution in [-0.2, 0) is 6.54 Å². The van der Waals surface area contributed by atoms with Crippen molar-refractivity contribution in [2.75, 3.05) is 5.32 Å². The number of hydrogen-bond acceptors (Lipinski definition) is 4. The Bertz CT molecular complexity index is 1110. The highest BCUT2D eigenvalue weighted by Crippen LogP contribution is 2.28. The van der Waals surface area contributed by atoms with Crippen molar-refractivity contribution in [3.05, 3.63) is 83.3 Å². The molecular weight excluding hydrogens is 346 g/mol. The molecule has 0 radical (unpaired) electrons. The number of fused-ring (bicyclic) bond motifs is 1. The van der Waals surface area contributed by atoms with E-state index in [1.54, 1.807) is 12.3 Å². The van der Waals surface area contributed by atoms with Crippen LogP contribution in [0, 0.1) is 11.3 Å². The van der Waals surface area contributed by atoms with Crippen LogP contribution in [0.4, 0.5) is 5.69 Å². The molecule has 2 aromatic heterocycles. The van der Waals surface area contributed by atoms with E-state index in [0.29, 0.717) is 17.1 Å². The molecule has 0 amide bonds. The standard InChI is InChI=1S/C20H14ClN5/c21-16-6-7-19-18(8-16)20(15(9-22)12-23-19)24-10-14-11-25-26(13-14)17-4-2-1-3-5-17/h1-8,11-13H,10H2,(H,23,24). The van der Waals surface area contributed by atoms with Gasteiger partial charge in [-0.25, -0.2) is 4.68 Å². The fraction of sp³-hybridized carbons (Fsp3) is 0.0500. The van der Waals surface area contributed by atoms with Crippen molar-refractivity contribution in [3.8, 4) is 11.8 Å². The lowest BCUT2D eigenvalue weighted by Gasteiger charge is -2.10. The van der Waals surface area contributed by atoms with Crippen molar-refractivity contribution >= 4 is 28.2 Å². The molecule has 5 nitrogen and oxygen atoms in total. The first kappa shape index (κ1) is 16.1. The maximum Gasteiger partial charge on any atom is 0.103 e. The highest BCUT2D eigenvalue weighted by atomic mass is 35.5. The zero-order valence-electron chi connectivity index (χ0n) is 13.7. The summed E-state index contributed by atoms with van der Waals surface area (Å²) in [7, 11) is 0. The minimum Gasteiger partial charge on any atom is -0.379 e. The molecule has 0 atom stereocenters. The Morgan fingerprint density at radius 2 is 1.96 bits per heavy atom. The Kier molecular flexibility index (Phi) is 4.26. The van der Waals surface area contributed by atoms with Gasteiger partial charge in [-0.1, -0.05) is 29.8 Å². The van der Waals surface area contributed by atoms with E-state index >= 15 is 0 Å². The van der Waals surface area contributed by atoms with Gasteiger partial charge in [0, 0.05) is 34.9 Å². The van der Waals surface area contributed by atoms with Crippen molar-refractivity contribution in [2.45, 2.75) is 6.54 Å². The third-order valence-electron chi connectivity index (χ3n) is 4.08. The summed E-state index contributed by atoms with van der Waals surface area (Å²) in [6, 6.07) is 17.5. The molecule has 0 bridgehead atoms. The van der Waals surface area contributed by atoms with E-state index in [9.17, 15) is 5.26 Å². The fourth-order valence-electron chi connectivity index (χ4n) is 2.80. The van der Waals surface area contributed by atoms with Gasteiger partial charge in [0.15, 0.2) is 0 Å². The maximum atomic E-state index is 9.42. The van der Waals surface area contributed by atoms with Crippen LogP contribution in [0.2, 0.25) is 5.02 Å². The summed E-state index contributed by atoms with van der Waals surface area (Å²) in [6.07, 6.45) is 5.35. The fourth-order valence-corrected chi connectivity index (χ4v) is 2.98. The molecule has 0 aliphatic rings. The number of hydrogen-bond donors (Lipinski definition) is 1. The highest BCUT2D eigenvalue weighted by Gasteiger charge is 2.10. The second kappa shape index (κ2) is 6.87. The second-order valence-electron chi connectivity index (χ2n) is 5.80. The molecule has 0 saturated carbocycles. The van der Waals surface area contributed by atoms with Crippen LogP contribution in [0.3, 0.4) is 0 Å². The number of nitrogens with zero attached hydrogens (tertiary/aromatic N) is 4. The van der Waals surface area contributed by atoms with E-state index in [1.807, 2.05) is 59.5 Å². The Labute approximate surface area is 155 Å². The number of rotatable bonds is 4. The van der Waals surface area contributed by atoms with Gasteiger partial charge < -0.3 is 5.32 Å². The van der Waals surface area contributed by atoms with Gasteiger partial charge in [-0.15, -0.1) is 0 Å². The molecule has 0 saturated heterocycles. The van der Waals surface area contributed by atoms with Gasteiger partial charge in [0.1, 0.15) is 6.07 Å². The summed E-state index contributed by atoms with van der Waals surface area (Å²) in [5, 5.41) is 18.6. The molecule has 26 heavy (non-hydrogen) atoms. The van der Waals surface area contributed by atoms with Crippen LogP contribution in [0.15, 0.2) is 67.1 Å². The lowest BCUT2D eigenvalue weighted by Crippen LogP contribution is -2.02. The van der Waals surface area contributed by atoms with Crippen LogP contribution in [-0.4, -0.2) is 14.8 Å².